The SMILES string of the molecule is Cc1ccc2c(=O)n(CCCO)c(C(=O)O)cc2c1. The van der Waals surface area contributed by atoms with Gasteiger partial charge in [-0.2, -0.15) is 0 Å². The van der Waals surface area contributed by atoms with Gasteiger partial charge in [0.15, 0.2) is 0 Å². The molecule has 2 N–H and O–H groups in total. The molecule has 0 aliphatic heterocycles. The van der Waals surface area contributed by atoms with Crippen LogP contribution in [0.4, 0.5) is 0 Å². The van der Waals surface area contributed by atoms with Crippen molar-refractivity contribution >= 4 is 16.7 Å². The number of fused-ring (bicyclic) bond motifs is 1. The van der Waals surface area contributed by atoms with Crippen molar-refractivity contribution in [1.29, 1.82) is 0 Å². The molecule has 0 amide bonds. The number of aromatic carboxylic acids is 1. The van der Waals surface area contributed by atoms with Gasteiger partial charge in [0.05, 0.1) is 0 Å². The Hall–Kier alpha value is -2.14. The minimum absolute atomic E-state index is 0.0449. The molecule has 0 aliphatic carbocycles. The van der Waals surface area contributed by atoms with Crippen molar-refractivity contribution in [3.63, 3.8) is 0 Å². The van der Waals surface area contributed by atoms with E-state index in [1.54, 1.807) is 12.1 Å². The summed E-state index contributed by atoms with van der Waals surface area (Å²) < 4.78 is 1.20. The van der Waals surface area contributed by atoms with Crippen molar-refractivity contribution < 1.29 is 15.0 Å². The van der Waals surface area contributed by atoms with Crippen molar-refractivity contribution in [3.05, 3.63) is 45.9 Å². The minimum atomic E-state index is -1.14. The lowest BCUT2D eigenvalue weighted by Crippen LogP contribution is -2.26. The zero-order valence-corrected chi connectivity index (χ0v) is 10.6. The Labute approximate surface area is 109 Å². The van der Waals surface area contributed by atoms with Crippen LogP contribution >= 0.6 is 0 Å². The average molecular weight is 261 g/mol. The van der Waals surface area contributed by atoms with E-state index >= 15 is 0 Å². The summed E-state index contributed by atoms with van der Waals surface area (Å²) in [5.74, 6) is -1.14. The monoisotopic (exact) mass is 261 g/mol. The molecular weight excluding hydrogens is 246 g/mol. The molecule has 5 nitrogen and oxygen atoms in total. The fourth-order valence-corrected chi connectivity index (χ4v) is 2.10. The maximum atomic E-state index is 12.3. The summed E-state index contributed by atoms with van der Waals surface area (Å²) in [6.07, 6.45) is 0.345. The molecule has 0 saturated carbocycles. The van der Waals surface area contributed by atoms with Crippen LogP contribution in [0.15, 0.2) is 29.1 Å². The summed E-state index contributed by atoms with van der Waals surface area (Å²) in [5.41, 5.74) is 0.594. The van der Waals surface area contributed by atoms with Gasteiger partial charge in [0.2, 0.25) is 0 Å². The lowest BCUT2D eigenvalue weighted by molar-refractivity contribution is 0.0683. The maximum absolute atomic E-state index is 12.3. The zero-order chi connectivity index (χ0) is 14.0. The summed E-state index contributed by atoms with van der Waals surface area (Å²) in [5, 5.41) is 19.2. The highest BCUT2D eigenvalue weighted by atomic mass is 16.4. The Morgan fingerprint density at radius 1 is 1.32 bits per heavy atom. The Morgan fingerprint density at radius 2 is 2.05 bits per heavy atom. The number of carboxylic acids is 1. The Morgan fingerprint density at radius 3 is 2.68 bits per heavy atom. The second-order valence-corrected chi connectivity index (χ2v) is 4.46. The molecule has 0 atom stereocenters. The molecule has 0 saturated heterocycles. The van der Waals surface area contributed by atoms with Crippen LogP contribution in [0, 0.1) is 6.92 Å². The summed E-state index contributed by atoms with van der Waals surface area (Å²) in [7, 11) is 0. The van der Waals surface area contributed by atoms with Crippen molar-refractivity contribution in [2.45, 2.75) is 19.9 Å². The van der Waals surface area contributed by atoms with E-state index in [4.69, 9.17) is 5.11 Å². The van der Waals surface area contributed by atoms with Crippen LogP contribution in [0.1, 0.15) is 22.5 Å². The van der Waals surface area contributed by atoms with Gasteiger partial charge in [0.25, 0.3) is 5.56 Å². The number of carbonyl (C=O) groups is 1. The molecule has 0 unspecified atom stereocenters. The molecule has 5 heteroatoms. The highest BCUT2D eigenvalue weighted by Crippen LogP contribution is 2.15. The van der Waals surface area contributed by atoms with Gasteiger partial charge in [0, 0.05) is 18.5 Å². The summed E-state index contributed by atoms with van der Waals surface area (Å²) >= 11 is 0. The number of pyridine rings is 1. The van der Waals surface area contributed by atoms with E-state index < -0.39 is 5.97 Å². The Kier molecular flexibility index (Phi) is 3.66. The van der Waals surface area contributed by atoms with Crippen LogP contribution in [-0.4, -0.2) is 27.4 Å². The van der Waals surface area contributed by atoms with Gasteiger partial charge < -0.3 is 14.8 Å². The first-order valence-electron chi connectivity index (χ1n) is 6.03. The number of aliphatic hydroxyl groups excluding tert-OH is 1. The van der Waals surface area contributed by atoms with E-state index in [-0.39, 0.29) is 24.4 Å². The first-order chi connectivity index (χ1) is 9.04. The molecule has 0 aliphatic rings. The van der Waals surface area contributed by atoms with Crippen molar-refractivity contribution in [3.8, 4) is 0 Å². The van der Waals surface area contributed by atoms with Crippen molar-refractivity contribution in [2.24, 2.45) is 0 Å². The normalized spacial score (nSPS) is 10.8. The van der Waals surface area contributed by atoms with Crippen LogP contribution in [0.3, 0.4) is 0 Å². The lowest BCUT2D eigenvalue weighted by atomic mass is 10.1. The van der Waals surface area contributed by atoms with Gasteiger partial charge in [-0.05, 0) is 30.9 Å². The van der Waals surface area contributed by atoms with E-state index in [9.17, 15) is 14.7 Å². The number of nitrogens with zero attached hydrogens (tertiary/aromatic N) is 1. The number of carboxylic acid groups (broad SMARTS) is 1. The number of aliphatic hydroxyl groups is 1. The summed E-state index contributed by atoms with van der Waals surface area (Å²) in [4.78, 5) is 23.5. The topological polar surface area (TPSA) is 79.5 Å². The average Bonchev–Trinajstić information content (AvgIpc) is 2.37. The molecule has 1 heterocycles. The predicted molar refractivity (Wildman–Crippen MR) is 71.6 cm³/mol. The van der Waals surface area contributed by atoms with Gasteiger partial charge in [-0.15, -0.1) is 0 Å². The van der Waals surface area contributed by atoms with Gasteiger partial charge >= 0.3 is 5.97 Å². The number of benzene rings is 1. The molecule has 2 rings (SSSR count). The molecule has 2 aromatic rings. The van der Waals surface area contributed by atoms with Crippen LogP contribution < -0.4 is 5.56 Å². The van der Waals surface area contributed by atoms with E-state index in [0.29, 0.717) is 17.2 Å². The molecule has 0 bridgehead atoms. The van der Waals surface area contributed by atoms with Gasteiger partial charge in [-0.25, -0.2) is 4.79 Å². The summed E-state index contributed by atoms with van der Waals surface area (Å²) in [6, 6.07) is 6.82. The molecule has 1 aromatic carbocycles. The van der Waals surface area contributed by atoms with E-state index in [1.165, 1.54) is 10.6 Å². The van der Waals surface area contributed by atoms with E-state index in [2.05, 4.69) is 0 Å². The number of hydrogen-bond donors (Lipinski definition) is 2. The quantitative estimate of drug-likeness (QED) is 0.871. The third kappa shape index (κ3) is 2.51. The highest BCUT2D eigenvalue weighted by Gasteiger charge is 2.14. The summed E-state index contributed by atoms with van der Waals surface area (Å²) in [6.45, 7) is 2.00. The number of hydrogen-bond acceptors (Lipinski definition) is 3. The standard InChI is InChI=1S/C14H15NO4/c1-9-3-4-11-10(7-9)8-12(14(18)19)15(13(11)17)5-2-6-16/h3-4,7-8,16H,2,5-6H2,1H3,(H,18,19). The number of rotatable bonds is 4. The molecule has 0 radical (unpaired) electrons. The van der Waals surface area contributed by atoms with E-state index in [0.717, 1.165) is 5.56 Å². The first kappa shape index (κ1) is 13.3. The number of aromatic nitrogens is 1. The molecule has 0 fully saturated rings. The van der Waals surface area contributed by atoms with Crippen LogP contribution in [0.25, 0.3) is 10.8 Å². The van der Waals surface area contributed by atoms with Crippen LogP contribution in [0.5, 0.6) is 0 Å². The first-order valence-corrected chi connectivity index (χ1v) is 6.03. The molecule has 0 spiro atoms. The zero-order valence-electron chi connectivity index (χ0n) is 10.6. The van der Waals surface area contributed by atoms with Crippen molar-refractivity contribution in [2.75, 3.05) is 6.61 Å². The minimum Gasteiger partial charge on any atom is -0.477 e. The van der Waals surface area contributed by atoms with Crippen LogP contribution in [0.2, 0.25) is 0 Å². The van der Waals surface area contributed by atoms with Crippen LogP contribution in [-0.2, 0) is 6.54 Å². The fraction of sp³-hybridized carbons (Fsp3) is 0.286. The van der Waals surface area contributed by atoms with Gasteiger partial charge in [-0.1, -0.05) is 17.7 Å². The molecule has 19 heavy (non-hydrogen) atoms. The van der Waals surface area contributed by atoms with Gasteiger partial charge in [-0.3, -0.25) is 4.79 Å². The maximum Gasteiger partial charge on any atom is 0.352 e. The fourth-order valence-electron chi connectivity index (χ4n) is 2.10. The second kappa shape index (κ2) is 5.24. The van der Waals surface area contributed by atoms with E-state index in [1.807, 2.05) is 13.0 Å². The Balaban J connectivity index is 2.74. The third-order valence-electron chi connectivity index (χ3n) is 3.02. The lowest BCUT2D eigenvalue weighted by Gasteiger charge is -2.11. The largest absolute Gasteiger partial charge is 0.477 e. The molecular formula is C14H15NO4. The van der Waals surface area contributed by atoms with Crippen molar-refractivity contribution in [1.82, 2.24) is 4.57 Å². The molecule has 1 aromatic heterocycles. The highest BCUT2D eigenvalue weighted by molar-refractivity contribution is 5.92. The third-order valence-corrected chi connectivity index (χ3v) is 3.02. The second-order valence-electron chi connectivity index (χ2n) is 4.46. The Bertz CT molecular complexity index is 688. The molecule has 100 valence electrons. The number of aryl methyl sites for hydroxylation is 1. The van der Waals surface area contributed by atoms with Gasteiger partial charge in [0.1, 0.15) is 5.69 Å². The smallest absolute Gasteiger partial charge is 0.352 e. The predicted octanol–water partition coefficient (Wildman–Crippen LogP) is 1.39.